The Morgan fingerprint density at radius 1 is 1.43 bits per heavy atom. The van der Waals surface area contributed by atoms with Gasteiger partial charge < -0.3 is 16.2 Å². The first-order valence-electron chi connectivity index (χ1n) is 4.57. The van der Waals surface area contributed by atoms with Gasteiger partial charge in [0.25, 0.3) is 0 Å². The van der Waals surface area contributed by atoms with Gasteiger partial charge in [0, 0.05) is 11.8 Å². The van der Waals surface area contributed by atoms with Gasteiger partial charge >= 0.3 is 0 Å². The highest BCUT2D eigenvalue weighted by molar-refractivity contribution is 5.48. The van der Waals surface area contributed by atoms with Crippen LogP contribution in [0.4, 0.5) is 5.69 Å². The van der Waals surface area contributed by atoms with Gasteiger partial charge in [0.1, 0.15) is 5.75 Å². The fourth-order valence-corrected chi connectivity index (χ4v) is 1.30. The third kappa shape index (κ3) is 2.69. The SMILES string of the molecule is COc1cc(N)ccc1CC/C=C\N. The summed E-state index contributed by atoms with van der Waals surface area (Å²) >= 11 is 0. The van der Waals surface area contributed by atoms with Gasteiger partial charge in [-0.05, 0) is 30.7 Å². The van der Waals surface area contributed by atoms with Crippen LogP contribution < -0.4 is 16.2 Å². The third-order valence-electron chi connectivity index (χ3n) is 2.03. The van der Waals surface area contributed by atoms with Crippen LogP contribution in [0.15, 0.2) is 30.5 Å². The molecule has 0 fully saturated rings. The fraction of sp³-hybridized carbons (Fsp3) is 0.273. The van der Waals surface area contributed by atoms with Crippen molar-refractivity contribution in [2.24, 2.45) is 5.73 Å². The zero-order valence-electron chi connectivity index (χ0n) is 8.36. The van der Waals surface area contributed by atoms with E-state index in [-0.39, 0.29) is 0 Å². The van der Waals surface area contributed by atoms with E-state index in [4.69, 9.17) is 16.2 Å². The average molecular weight is 192 g/mol. The minimum absolute atomic E-state index is 0.722. The molecule has 0 saturated heterocycles. The van der Waals surface area contributed by atoms with Crippen LogP contribution in [0.25, 0.3) is 0 Å². The number of aryl methyl sites for hydroxylation is 1. The van der Waals surface area contributed by atoms with E-state index in [1.54, 1.807) is 13.3 Å². The Balaban J connectivity index is 2.74. The molecular formula is C11H16N2O. The molecule has 1 aromatic carbocycles. The molecular weight excluding hydrogens is 176 g/mol. The molecule has 0 aliphatic heterocycles. The normalized spacial score (nSPS) is 10.6. The highest BCUT2D eigenvalue weighted by atomic mass is 16.5. The Morgan fingerprint density at radius 2 is 2.21 bits per heavy atom. The number of nitrogens with two attached hydrogens (primary N) is 2. The predicted octanol–water partition coefficient (Wildman–Crippen LogP) is 1.68. The zero-order chi connectivity index (χ0) is 10.4. The molecule has 0 spiro atoms. The molecule has 0 aliphatic carbocycles. The number of anilines is 1. The molecule has 0 unspecified atom stereocenters. The van der Waals surface area contributed by atoms with E-state index >= 15 is 0 Å². The van der Waals surface area contributed by atoms with E-state index < -0.39 is 0 Å². The summed E-state index contributed by atoms with van der Waals surface area (Å²) in [6.07, 6.45) is 5.31. The van der Waals surface area contributed by atoms with Crippen molar-refractivity contribution in [3.8, 4) is 5.75 Å². The standard InChI is InChI=1S/C11H16N2O/c1-14-11-8-10(13)6-5-9(11)4-2-3-7-12/h3,5-8H,2,4,12-13H2,1H3/b7-3-. The van der Waals surface area contributed by atoms with Gasteiger partial charge in [-0.25, -0.2) is 0 Å². The van der Waals surface area contributed by atoms with Crippen LogP contribution in [0.1, 0.15) is 12.0 Å². The van der Waals surface area contributed by atoms with Crippen molar-refractivity contribution in [3.05, 3.63) is 36.0 Å². The molecule has 0 aromatic heterocycles. The minimum Gasteiger partial charge on any atom is -0.496 e. The number of nitrogen functional groups attached to an aromatic ring is 1. The number of benzene rings is 1. The summed E-state index contributed by atoms with van der Waals surface area (Å²) in [7, 11) is 1.65. The van der Waals surface area contributed by atoms with Crippen molar-refractivity contribution >= 4 is 5.69 Å². The highest BCUT2D eigenvalue weighted by Crippen LogP contribution is 2.22. The van der Waals surface area contributed by atoms with Crippen LogP contribution in [0.3, 0.4) is 0 Å². The van der Waals surface area contributed by atoms with Gasteiger partial charge in [0.2, 0.25) is 0 Å². The van der Waals surface area contributed by atoms with E-state index in [0.29, 0.717) is 0 Å². The first kappa shape index (κ1) is 10.4. The number of ether oxygens (including phenoxy) is 1. The second kappa shape index (κ2) is 5.17. The largest absolute Gasteiger partial charge is 0.496 e. The van der Waals surface area contributed by atoms with Crippen LogP contribution in [-0.2, 0) is 6.42 Å². The van der Waals surface area contributed by atoms with E-state index in [1.165, 1.54) is 0 Å². The number of allylic oxidation sites excluding steroid dienone is 1. The maximum absolute atomic E-state index is 5.64. The zero-order valence-corrected chi connectivity index (χ0v) is 8.36. The molecule has 0 atom stereocenters. The maximum Gasteiger partial charge on any atom is 0.124 e. The first-order chi connectivity index (χ1) is 6.77. The molecule has 1 rings (SSSR count). The van der Waals surface area contributed by atoms with Gasteiger partial charge in [-0.3, -0.25) is 0 Å². The quantitative estimate of drug-likeness (QED) is 0.713. The second-order valence-electron chi connectivity index (χ2n) is 3.04. The van der Waals surface area contributed by atoms with Crippen molar-refractivity contribution in [3.63, 3.8) is 0 Å². The summed E-state index contributed by atoms with van der Waals surface area (Å²) < 4.78 is 5.22. The van der Waals surface area contributed by atoms with Crippen molar-refractivity contribution < 1.29 is 4.74 Å². The summed E-state index contributed by atoms with van der Waals surface area (Å²) in [6.45, 7) is 0. The molecule has 0 radical (unpaired) electrons. The minimum atomic E-state index is 0.722. The van der Waals surface area contributed by atoms with Crippen molar-refractivity contribution in [2.45, 2.75) is 12.8 Å². The predicted molar refractivity (Wildman–Crippen MR) is 59.1 cm³/mol. The van der Waals surface area contributed by atoms with Crippen LogP contribution in [0, 0.1) is 0 Å². The molecule has 3 nitrogen and oxygen atoms in total. The number of hydrogen-bond donors (Lipinski definition) is 2. The lowest BCUT2D eigenvalue weighted by Crippen LogP contribution is -1.94. The van der Waals surface area contributed by atoms with Crippen molar-refractivity contribution in [1.29, 1.82) is 0 Å². The van der Waals surface area contributed by atoms with Gasteiger partial charge in [0.05, 0.1) is 7.11 Å². The van der Waals surface area contributed by atoms with E-state index in [0.717, 1.165) is 29.8 Å². The van der Waals surface area contributed by atoms with Gasteiger partial charge in [-0.15, -0.1) is 0 Å². The molecule has 4 N–H and O–H groups in total. The van der Waals surface area contributed by atoms with E-state index in [9.17, 15) is 0 Å². The molecule has 0 amide bonds. The smallest absolute Gasteiger partial charge is 0.124 e. The van der Waals surface area contributed by atoms with E-state index in [1.807, 2.05) is 24.3 Å². The van der Waals surface area contributed by atoms with Crippen LogP contribution >= 0.6 is 0 Å². The number of hydrogen-bond acceptors (Lipinski definition) is 3. The first-order valence-corrected chi connectivity index (χ1v) is 4.57. The second-order valence-corrected chi connectivity index (χ2v) is 3.04. The summed E-state index contributed by atoms with van der Waals surface area (Å²) in [4.78, 5) is 0. The molecule has 76 valence electrons. The molecule has 14 heavy (non-hydrogen) atoms. The lowest BCUT2D eigenvalue weighted by atomic mass is 10.1. The molecule has 0 bridgehead atoms. The van der Waals surface area contributed by atoms with E-state index in [2.05, 4.69) is 0 Å². The molecule has 3 heteroatoms. The fourth-order valence-electron chi connectivity index (χ4n) is 1.30. The third-order valence-corrected chi connectivity index (χ3v) is 2.03. The van der Waals surface area contributed by atoms with Gasteiger partial charge in [-0.1, -0.05) is 12.1 Å². The molecule has 0 heterocycles. The Morgan fingerprint density at radius 3 is 2.86 bits per heavy atom. The summed E-state index contributed by atoms with van der Waals surface area (Å²) in [6, 6.07) is 5.70. The maximum atomic E-state index is 5.64. The van der Waals surface area contributed by atoms with Crippen LogP contribution in [0.2, 0.25) is 0 Å². The summed E-state index contributed by atoms with van der Waals surface area (Å²) in [5, 5.41) is 0. The summed E-state index contributed by atoms with van der Waals surface area (Å²) in [5.41, 5.74) is 12.8. The molecule has 1 aromatic rings. The average Bonchev–Trinajstić information content (AvgIpc) is 2.20. The Labute approximate surface area is 84.4 Å². The lowest BCUT2D eigenvalue weighted by molar-refractivity contribution is 0.410. The Hall–Kier alpha value is -1.64. The Bertz CT molecular complexity index is 321. The van der Waals surface area contributed by atoms with Crippen molar-refractivity contribution in [2.75, 3.05) is 12.8 Å². The van der Waals surface area contributed by atoms with Gasteiger partial charge in [-0.2, -0.15) is 0 Å². The highest BCUT2D eigenvalue weighted by Gasteiger charge is 2.01. The van der Waals surface area contributed by atoms with Crippen molar-refractivity contribution in [1.82, 2.24) is 0 Å². The van der Waals surface area contributed by atoms with Crippen LogP contribution in [0.5, 0.6) is 5.75 Å². The van der Waals surface area contributed by atoms with Crippen LogP contribution in [-0.4, -0.2) is 7.11 Å². The van der Waals surface area contributed by atoms with Gasteiger partial charge in [0.15, 0.2) is 0 Å². The monoisotopic (exact) mass is 192 g/mol. The number of rotatable bonds is 4. The lowest BCUT2D eigenvalue weighted by Gasteiger charge is -2.07. The number of methoxy groups -OCH3 is 1. The summed E-state index contributed by atoms with van der Waals surface area (Å²) in [5.74, 6) is 0.843. The molecule has 0 aliphatic rings. The topological polar surface area (TPSA) is 61.3 Å². The Kier molecular flexibility index (Phi) is 3.85. The molecule has 0 saturated carbocycles.